The predicted octanol–water partition coefficient (Wildman–Crippen LogP) is 6.10. The number of aryl methyl sites for hydroxylation is 2. The molecule has 134 valence electrons. The number of benzene rings is 3. The summed E-state index contributed by atoms with van der Waals surface area (Å²) in [4.78, 5) is 16.1. The lowest BCUT2D eigenvalue weighted by Crippen LogP contribution is -2.19. The number of para-hydroxylation sites is 1. The number of urea groups is 1. The second kappa shape index (κ2) is 7.00. The number of H-pyrrole nitrogens is 1. The molecule has 4 heteroatoms. The van der Waals surface area contributed by atoms with Crippen LogP contribution < -0.4 is 10.6 Å². The predicted molar refractivity (Wildman–Crippen MR) is 112 cm³/mol. The molecule has 27 heavy (non-hydrogen) atoms. The Kier molecular flexibility index (Phi) is 4.38. The molecule has 2 amide bonds. The Labute approximate surface area is 158 Å². The number of nitrogens with one attached hydrogen (secondary N) is 3. The van der Waals surface area contributed by atoms with Crippen LogP contribution in [-0.4, -0.2) is 11.0 Å². The summed E-state index contributed by atoms with van der Waals surface area (Å²) >= 11 is 0. The highest BCUT2D eigenvalue weighted by molar-refractivity contribution is 6.10. The summed E-state index contributed by atoms with van der Waals surface area (Å²) in [6.07, 6.45) is 0. The highest BCUT2D eigenvalue weighted by Crippen LogP contribution is 2.35. The number of fused-ring (bicyclic) bond motifs is 1. The number of anilines is 2. The minimum absolute atomic E-state index is 0.264. The Bertz CT molecular complexity index is 1110. The Morgan fingerprint density at radius 3 is 2.33 bits per heavy atom. The van der Waals surface area contributed by atoms with E-state index < -0.39 is 0 Å². The van der Waals surface area contributed by atoms with Crippen molar-refractivity contribution in [1.29, 1.82) is 0 Å². The van der Waals surface area contributed by atoms with Crippen molar-refractivity contribution >= 4 is 28.3 Å². The van der Waals surface area contributed by atoms with E-state index in [-0.39, 0.29) is 6.03 Å². The lowest BCUT2D eigenvalue weighted by Gasteiger charge is -2.11. The summed E-state index contributed by atoms with van der Waals surface area (Å²) in [6, 6.07) is 23.6. The molecule has 0 aliphatic carbocycles. The van der Waals surface area contributed by atoms with Crippen LogP contribution in [0.3, 0.4) is 0 Å². The molecule has 0 aliphatic heterocycles. The van der Waals surface area contributed by atoms with Gasteiger partial charge in [-0.1, -0.05) is 54.6 Å². The van der Waals surface area contributed by atoms with Gasteiger partial charge in [0.05, 0.1) is 11.4 Å². The minimum Gasteiger partial charge on any atom is -0.353 e. The Hall–Kier alpha value is -3.53. The standard InChI is InChI=1S/C23H21N3O/c1-15-12-13-18(14-16(15)2)24-23(27)26-22-19-10-6-7-11-20(19)25-21(22)17-8-4-3-5-9-17/h3-14,25H,1-2H3,(H2,24,26,27). The fourth-order valence-electron chi connectivity index (χ4n) is 3.19. The molecule has 0 unspecified atom stereocenters. The van der Waals surface area contributed by atoms with Gasteiger partial charge in [0, 0.05) is 22.2 Å². The van der Waals surface area contributed by atoms with E-state index in [2.05, 4.69) is 22.5 Å². The highest BCUT2D eigenvalue weighted by Gasteiger charge is 2.15. The number of aromatic amines is 1. The summed E-state index contributed by atoms with van der Waals surface area (Å²) in [5.74, 6) is 0. The van der Waals surface area contributed by atoms with Gasteiger partial charge in [0.15, 0.2) is 0 Å². The number of hydrogen-bond acceptors (Lipinski definition) is 1. The van der Waals surface area contributed by atoms with Crippen LogP contribution in [0.15, 0.2) is 72.8 Å². The third-order valence-corrected chi connectivity index (χ3v) is 4.77. The quantitative estimate of drug-likeness (QED) is 0.409. The lowest BCUT2D eigenvalue weighted by atomic mass is 10.1. The normalized spacial score (nSPS) is 10.7. The summed E-state index contributed by atoms with van der Waals surface area (Å²) in [5.41, 5.74) is 6.80. The molecule has 4 aromatic rings. The van der Waals surface area contributed by atoms with Crippen LogP contribution in [0.25, 0.3) is 22.2 Å². The summed E-state index contributed by atoms with van der Waals surface area (Å²) in [6.45, 7) is 4.09. The van der Waals surface area contributed by atoms with E-state index in [4.69, 9.17) is 0 Å². The smallest absolute Gasteiger partial charge is 0.323 e. The molecule has 3 aromatic carbocycles. The zero-order chi connectivity index (χ0) is 18.8. The van der Waals surface area contributed by atoms with Gasteiger partial charge >= 0.3 is 6.03 Å². The molecule has 0 aliphatic rings. The fraction of sp³-hybridized carbons (Fsp3) is 0.0870. The number of rotatable bonds is 3. The van der Waals surface area contributed by atoms with Gasteiger partial charge in [0.1, 0.15) is 0 Å². The van der Waals surface area contributed by atoms with Crippen molar-refractivity contribution in [3.8, 4) is 11.3 Å². The first-order valence-electron chi connectivity index (χ1n) is 8.93. The number of hydrogen-bond donors (Lipinski definition) is 3. The van der Waals surface area contributed by atoms with Crippen LogP contribution in [0.2, 0.25) is 0 Å². The van der Waals surface area contributed by atoms with Crippen molar-refractivity contribution < 1.29 is 4.79 Å². The first kappa shape index (κ1) is 16.9. The SMILES string of the molecule is Cc1ccc(NC(=O)Nc2c(-c3ccccc3)[nH]c3ccccc23)cc1C. The van der Waals surface area contributed by atoms with Crippen LogP contribution >= 0.6 is 0 Å². The molecule has 1 heterocycles. The van der Waals surface area contributed by atoms with Gasteiger partial charge in [-0.15, -0.1) is 0 Å². The van der Waals surface area contributed by atoms with Gasteiger partial charge < -0.3 is 15.6 Å². The summed E-state index contributed by atoms with van der Waals surface area (Å²) in [7, 11) is 0. The van der Waals surface area contributed by atoms with E-state index in [1.165, 1.54) is 5.56 Å². The lowest BCUT2D eigenvalue weighted by molar-refractivity contribution is 0.262. The molecule has 4 nitrogen and oxygen atoms in total. The second-order valence-corrected chi connectivity index (χ2v) is 6.66. The molecule has 1 aromatic heterocycles. The van der Waals surface area contributed by atoms with Crippen LogP contribution in [0, 0.1) is 13.8 Å². The van der Waals surface area contributed by atoms with Crippen LogP contribution in [0.5, 0.6) is 0 Å². The van der Waals surface area contributed by atoms with E-state index in [0.717, 1.165) is 39.1 Å². The van der Waals surface area contributed by atoms with Crippen molar-refractivity contribution in [3.05, 3.63) is 83.9 Å². The molecule has 0 bridgehead atoms. The molecular weight excluding hydrogens is 334 g/mol. The summed E-state index contributed by atoms with van der Waals surface area (Å²) < 4.78 is 0. The van der Waals surface area contributed by atoms with Crippen molar-refractivity contribution in [2.75, 3.05) is 10.6 Å². The number of aromatic nitrogens is 1. The molecule has 3 N–H and O–H groups in total. The average molecular weight is 355 g/mol. The first-order valence-corrected chi connectivity index (χ1v) is 8.93. The van der Waals surface area contributed by atoms with Crippen LogP contribution in [0.1, 0.15) is 11.1 Å². The number of carbonyl (C=O) groups is 1. The van der Waals surface area contributed by atoms with Gasteiger partial charge in [-0.2, -0.15) is 0 Å². The molecule has 0 spiro atoms. The average Bonchev–Trinajstić information content (AvgIpc) is 3.04. The monoisotopic (exact) mass is 355 g/mol. The van der Waals surface area contributed by atoms with Gasteiger partial charge in [-0.05, 0) is 43.2 Å². The zero-order valence-electron chi connectivity index (χ0n) is 15.3. The maximum atomic E-state index is 12.7. The summed E-state index contributed by atoms with van der Waals surface area (Å²) in [5, 5.41) is 6.94. The third-order valence-electron chi connectivity index (χ3n) is 4.77. The van der Waals surface area contributed by atoms with Gasteiger partial charge in [0.25, 0.3) is 0 Å². The van der Waals surface area contributed by atoms with Gasteiger partial charge in [0.2, 0.25) is 0 Å². The van der Waals surface area contributed by atoms with Crippen molar-refractivity contribution in [1.82, 2.24) is 4.98 Å². The van der Waals surface area contributed by atoms with E-state index in [1.807, 2.05) is 79.7 Å². The molecule has 0 saturated heterocycles. The highest BCUT2D eigenvalue weighted by atomic mass is 16.2. The number of carbonyl (C=O) groups excluding carboxylic acids is 1. The Morgan fingerprint density at radius 1 is 0.815 bits per heavy atom. The largest absolute Gasteiger partial charge is 0.353 e. The Morgan fingerprint density at radius 2 is 1.56 bits per heavy atom. The second-order valence-electron chi connectivity index (χ2n) is 6.66. The molecule has 0 fully saturated rings. The molecule has 0 radical (unpaired) electrons. The van der Waals surface area contributed by atoms with Crippen LogP contribution in [0.4, 0.5) is 16.2 Å². The van der Waals surface area contributed by atoms with E-state index in [0.29, 0.717) is 0 Å². The van der Waals surface area contributed by atoms with Crippen molar-refractivity contribution in [2.45, 2.75) is 13.8 Å². The zero-order valence-corrected chi connectivity index (χ0v) is 15.3. The minimum atomic E-state index is -0.264. The Balaban J connectivity index is 1.68. The van der Waals surface area contributed by atoms with E-state index >= 15 is 0 Å². The van der Waals surface area contributed by atoms with Gasteiger partial charge in [-0.3, -0.25) is 0 Å². The van der Waals surface area contributed by atoms with Crippen LogP contribution in [-0.2, 0) is 0 Å². The van der Waals surface area contributed by atoms with E-state index in [9.17, 15) is 4.79 Å². The molecule has 0 atom stereocenters. The first-order chi connectivity index (χ1) is 13.1. The fourth-order valence-corrected chi connectivity index (χ4v) is 3.19. The molecule has 4 rings (SSSR count). The maximum absolute atomic E-state index is 12.7. The molecular formula is C23H21N3O. The van der Waals surface area contributed by atoms with Crippen molar-refractivity contribution in [3.63, 3.8) is 0 Å². The maximum Gasteiger partial charge on any atom is 0.323 e. The van der Waals surface area contributed by atoms with E-state index in [1.54, 1.807) is 0 Å². The third kappa shape index (κ3) is 3.42. The van der Waals surface area contributed by atoms with Gasteiger partial charge in [-0.25, -0.2) is 4.79 Å². The molecule has 0 saturated carbocycles. The van der Waals surface area contributed by atoms with Crippen molar-refractivity contribution in [2.24, 2.45) is 0 Å². The number of amides is 2. The topological polar surface area (TPSA) is 56.9 Å².